The molecule has 0 spiro atoms. The fraction of sp³-hybridized carbons (Fsp3) is 0.824. The van der Waals surface area contributed by atoms with Crippen LogP contribution in [0.4, 0.5) is 14.4 Å². The quantitative estimate of drug-likeness (QED) is 0.135. The molecule has 0 aromatic carbocycles. The Morgan fingerprint density at radius 3 is 1.55 bits per heavy atom. The van der Waals surface area contributed by atoms with Gasteiger partial charge in [0.25, 0.3) is 0 Å². The lowest BCUT2D eigenvalue weighted by molar-refractivity contribution is -0.291. The lowest BCUT2D eigenvalue weighted by Crippen LogP contribution is -2.62. The topological polar surface area (TPSA) is 246 Å². The van der Waals surface area contributed by atoms with E-state index in [-0.39, 0.29) is 6.61 Å². The third-order valence-corrected chi connectivity index (χ3v) is 8.08. The van der Waals surface area contributed by atoms with E-state index in [4.69, 9.17) is 28.4 Å². The fourth-order valence-corrected chi connectivity index (χ4v) is 4.03. The highest BCUT2D eigenvalue weighted by Crippen LogP contribution is 2.48. The summed E-state index contributed by atoms with van der Waals surface area (Å²) in [6.45, 7) is 1.62. The fourth-order valence-electron chi connectivity index (χ4n) is 2.82. The van der Waals surface area contributed by atoms with Gasteiger partial charge in [-0.2, -0.15) is 0 Å². The Bertz CT molecular complexity index is 970. The van der Waals surface area contributed by atoms with E-state index in [1.165, 1.54) is 0 Å². The number of hydrogen-bond donors (Lipinski definition) is 3. The van der Waals surface area contributed by atoms with Crippen LogP contribution in [0.2, 0.25) is 0 Å². The molecule has 0 aliphatic carbocycles. The Morgan fingerprint density at radius 1 is 0.737 bits per heavy atom. The summed E-state index contributed by atoms with van der Waals surface area (Å²) < 4.78 is 79.7. The molecule has 0 aromatic rings. The summed E-state index contributed by atoms with van der Waals surface area (Å²) in [6.07, 6.45) is -8.11. The van der Waals surface area contributed by atoms with Gasteiger partial charge in [0.2, 0.25) is 0 Å². The normalized spacial score (nSPS) is 28.3. The molecule has 38 heavy (non-hydrogen) atoms. The summed E-state index contributed by atoms with van der Waals surface area (Å²) in [7, 11) is -12.1. The summed E-state index contributed by atoms with van der Waals surface area (Å²) in [6, 6.07) is 0. The lowest BCUT2D eigenvalue weighted by atomic mass is 9.98. The summed E-state index contributed by atoms with van der Waals surface area (Å²) in [5, 5.41) is 0. The van der Waals surface area contributed by atoms with E-state index < -0.39 is 77.2 Å². The van der Waals surface area contributed by atoms with Crippen LogP contribution in [0.3, 0.4) is 0 Å². The van der Waals surface area contributed by atoms with E-state index in [0.717, 1.165) is 20.6 Å². The molecule has 18 nitrogen and oxygen atoms in total. The van der Waals surface area contributed by atoms with Crippen molar-refractivity contribution in [2.24, 2.45) is 0 Å². The van der Waals surface area contributed by atoms with Crippen LogP contribution in [0.15, 0.2) is 0 Å². The van der Waals surface area contributed by atoms with Gasteiger partial charge in [0.15, 0.2) is 24.6 Å². The maximum absolute atomic E-state index is 12.4. The first-order chi connectivity index (χ1) is 17.6. The first kappa shape index (κ1) is 34.8. The third-order valence-electron chi connectivity index (χ3n) is 4.89. The first-order valence-electron chi connectivity index (χ1n) is 10.7. The van der Waals surface area contributed by atoms with Crippen molar-refractivity contribution < 1.29 is 84.8 Å². The second kappa shape index (κ2) is 14.9. The van der Waals surface area contributed by atoms with Gasteiger partial charge < -0.3 is 56.7 Å². The SMILES string of the molecule is CCCCOC[C@H]1O[C@H](OC)[C@@H](OC(=O)P(=O)(O)OC)[C@@H](OC(=O)P(=O)(O)OC)[C@H]1OC(=O)P(=O)(O)OC. The summed E-state index contributed by atoms with van der Waals surface area (Å²) in [4.78, 5) is 66.2. The minimum atomic E-state index is -5.12. The number of rotatable bonds is 15. The number of hydrogen-bond acceptors (Lipinski definition) is 15. The van der Waals surface area contributed by atoms with Crippen molar-refractivity contribution in [3.8, 4) is 0 Å². The maximum Gasteiger partial charge on any atom is 0.435 e. The molecule has 1 aliphatic heterocycles. The Morgan fingerprint density at radius 2 is 1.16 bits per heavy atom. The number of unbranched alkanes of at least 4 members (excludes halogenated alkanes) is 1. The predicted molar refractivity (Wildman–Crippen MR) is 123 cm³/mol. The number of carbonyl (C=O) groups excluding carboxylic acids is 3. The Balaban J connectivity index is 3.60. The predicted octanol–water partition coefficient (Wildman–Crippen LogP) is 2.19. The summed E-state index contributed by atoms with van der Waals surface area (Å²) in [5.41, 5.74) is -5.71. The van der Waals surface area contributed by atoms with Crippen LogP contribution in [0, 0.1) is 0 Å². The largest absolute Gasteiger partial charge is 0.446 e. The molecule has 0 aromatic heterocycles. The molecule has 0 radical (unpaired) electrons. The van der Waals surface area contributed by atoms with Gasteiger partial charge >= 0.3 is 39.9 Å². The molecule has 0 saturated carbocycles. The van der Waals surface area contributed by atoms with Crippen LogP contribution >= 0.6 is 22.8 Å². The van der Waals surface area contributed by atoms with Gasteiger partial charge in [-0.1, -0.05) is 13.3 Å². The second-order valence-electron chi connectivity index (χ2n) is 7.36. The van der Waals surface area contributed by atoms with E-state index in [1.807, 2.05) is 6.92 Å². The minimum absolute atomic E-state index is 0.172. The molecule has 1 heterocycles. The Kier molecular flexibility index (Phi) is 13.7. The highest BCUT2D eigenvalue weighted by molar-refractivity contribution is 7.71. The molecular formula is C17H31O18P3. The van der Waals surface area contributed by atoms with Crippen molar-refractivity contribution in [3.63, 3.8) is 0 Å². The lowest BCUT2D eigenvalue weighted by Gasteiger charge is -2.44. The summed E-state index contributed by atoms with van der Waals surface area (Å²) >= 11 is 0. The van der Waals surface area contributed by atoms with Crippen molar-refractivity contribution in [1.82, 2.24) is 0 Å². The van der Waals surface area contributed by atoms with Gasteiger partial charge in [0.1, 0.15) is 6.10 Å². The zero-order chi connectivity index (χ0) is 29.3. The van der Waals surface area contributed by atoms with Gasteiger partial charge in [-0.3, -0.25) is 0 Å². The van der Waals surface area contributed by atoms with Crippen LogP contribution in [0.25, 0.3) is 0 Å². The van der Waals surface area contributed by atoms with E-state index in [0.29, 0.717) is 20.6 Å². The molecular weight excluding hydrogens is 585 g/mol. The van der Waals surface area contributed by atoms with Crippen molar-refractivity contribution >= 4 is 39.9 Å². The highest BCUT2D eigenvalue weighted by Gasteiger charge is 2.56. The van der Waals surface area contributed by atoms with Gasteiger partial charge in [0, 0.05) is 35.0 Å². The molecule has 0 bridgehead atoms. The molecule has 0 amide bonds. The minimum Gasteiger partial charge on any atom is -0.446 e. The van der Waals surface area contributed by atoms with Crippen molar-refractivity contribution in [1.29, 1.82) is 0 Å². The smallest absolute Gasteiger partial charge is 0.435 e. The molecule has 1 aliphatic rings. The van der Waals surface area contributed by atoms with Crippen molar-refractivity contribution in [2.45, 2.75) is 50.5 Å². The number of methoxy groups -OCH3 is 1. The third kappa shape index (κ3) is 9.15. The molecule has 1 fully saturated rings. The second-order valence-corrected chi connectivity index (χ2v) is 12.7. The summed E-state index contributed by atoms with van der Waals surface area (Å²) in [5.74, 6) is 0. The van der Waals surface area contributed by atoms with Crippen LogP contribution < -0.4 is 0 Å². The van der Waals surface area contributed by atoms with Crippen LogP contribution in [-0.4, -0.2) is 104 Å². The maximum atomic E-state index is 12.4. The molecule has 3 N–H and O–H groups in total. The van der Waals surface area contributed by atoms with Gasteiger partial charge in [-0.25, -0.2) is 28.1 Å². The molecule has 8 atom stereocenters. The van der Waals surface area contributed by atoms with E-state index in [2.05, 4.69) is 13.6 Å². The number of carbonyl (C=O) groups is 3. The first-order valence-corrected chi connectivity index (χ1v) is 15.4. The van der Waals surface area contributed by atoms with E-state index in [1.54, 1.807) is 0 Å². The number of ether oxygens (including phenoxy) is 6. The van der Waals surface area contributed by atoms with E-state index >= 15 is 0 Å². The Labute approximate surface area is 217 Å². The van der Waals surface area contributed by atoms with Gasteiger partial charge in [0.05, 0.1) is 6.61 Å². The molecule has 3 unspecified atom stereocenters. The van der Waals surface area contributed by atoms with Crippen molar-refractivity contribution in [3.05, 3.63) is 0 Å². The highest BCUT2D eigenvalue weighted by atomic mass is 31.2. The molecule has 1 rings (SSSR count). The van der Waals surface area contributed by atoms with Gasteiger partial charge in [-0.15, -0.1) is 0 Å². The monoisotopic (exact) mass is 616 g/mol. The molecule has 1 saturated heterocycles. The Hall–Kier alpha value is -1.26. The average molecular weight is 616 g/mol. The van der Waals surface area contributed by atoms with Crippen LogP contribution in [0.1, 0.15) is 19.8 Å². The molecule has 222 valence electrons. The van der Waals surface area contributed by atoms with Gasteiger partial charge in [-0.05, 0) is 6.42 Å². The van der Waals surface area contributed by atoms with Crippen LogP contribution in [-0.2, 0) is 55.7 Å². The van der Waals surface area contributed by atoms with Crippen LogP contribution in [0.5, 0.6) is 0 Å². The zero-order valence-corrected chi connectivity index (χ0v) is 23.7. The average Bonchev–Trinajstić information content (AvgIpc) is 2.88. The standard InChI is InChI=1S/C17H31O18P3/c1-6-7-8-31-9-10-11(33-15(18)36(21,22)28-3)12(34-16(19)37(23,24)29-4)13(14(27-2)32-10)35-17(20)38(25,26)30-5/h10-14H,6-9H2,1-5H3,(H,21,22)(H,23,24)(H,25,26)/t10-,11+,12+,13+,14+/m1/s1. The zero-order valence-electron chi connectivity index (χ0n) is 21.0. The van der Waals surface area contributed by atoms with E-state index in [9.17, 15) is 42.8 Å². The van der Waals surface area contributed by atoms with Crippen molar-refractivity contribution in [2.75, 3.05) is 41.7 Å². The molecule has 21 heteroatoms.